The Kier molecular flexibility index (Phi) is 6.34. The standard InChI is InChI=1S/C29H34ClNO2/c1-4-6-27(32-3)24-11-9-22(24)17-31-18-29(19-33-28-13-8-20(2)15-26(28)31)14-5-7-21-16-23(30)10-12-25(21)29/h8,10,12-13,15-16,22,24,27H,5,7,9,11,14,17-19H2,1-3H3/t22-,24+,27-,29-/m0/s1. The minimum atomic E-state index is -0.0196. The van der Waals surface area contributed by atoms with E-state index >= 15 is 0 Å². The van der Waals surface area contributed by atoms with Crippen molar-refractivity contribution in [3.63, 3.8) is 0 Å². The van der Waals surface area contributed by atoms with E-state index in [2.05, 4.69) is 60.1 Å². The fraction of sp³-hybridized carbons (Fsp3) is 0.517. The summed E-state index contributed by atoms with van der Waals surface area (Å²) in [5, 5.41) is 0.830. The van der Waals surface area contributed by atoms with Gasteiger partial charge in [-0.05, 0) is 92.8 Å². The van der Waals surface area contributed by atoms with Gasteiger partial charge < -0.3 is 14.4 Å². The highest BCUT2D eigenvalue weighted by atomic mass is 35.5. The van der Waals surface area contributed by atoms with Gasteiger partial charge in [-0.2, -0.15) is 0 Å². The predicted octanol–water partition coefficient (Wildman–Crippen LogP) is 6.19. The second-order valence-electron chi connectivity index (χ2n) is 10.1. The lowest BCUT2D eigenvalue weighted by Crippen LogP contribution is -2.49. The van der Waals surface area contributed by atoms with Crippen molar-refractivity contribution >= 4 is 17.3 Å². The van der Waals surface area contributed by atoms with Crippen LogP contribution in [-0.2, 0) is 16.6 Å². The molecule has 1 heterocycles. The first-order chi connectivity index (χ1) is 16.0. The Balaban J connectivity index is 1.50. The smallest absolute Gasteiger partial charge is 0.142 e. The number of fused-ring (bicyclic) bond motifs is 3. The van der Waals surface area contributed by atoms with Crippen molar-refractivity contribution in [1.82, 2.24) is 0 Å². The number of ether oxygens (including phenoxy) is 2. The number of hydrogen-bond donors (Lipinski definition) is 0. The van der Waals surface area contributed by atoms with E-state index < -0.39 is 0 Å². The van der Waals surface area contributed by atoms with Gasteiger partial charge in [-0.1, -0.05) is 29.7 Å². The molecule has 0 amide bonds. The molecule has 3 nitrogen and oxygen atoms in total. The van der Waals surface area contributed by atoms with Gasteiger partial charge in [0.15, 0.2) is 0 Å². The van der Waals surface area contributed by atoms with Crippen molar-refractivity contribution in [3.8, 4) is 17.6 Å². The quantitative estimate of drug-likeness (QED) is 0.505. The third-order valence-electron chi connectivity index (χ3n) is 8.05. The SMILES string of the molecule is CC#C[C@H](OC)[C@@H]1CC[C@H]1CN1C[C@@]2(CCCc3cc(Cl)ccc32)COc2ccc(C)cc21. The summed E-state index contributed by atoms with van der Waals surface area (Å²) in [6, 6.07) is 13.1. The average Bonchev–Trinajstić information content (AvgIpc) is 2.93. The van der Waals surface area contributed by atoms with Crippen LogP contribution in [0.2, 0.25) is 5.02 Å². The van der Waals surface area contributed by atoms with Gasteiger partial charge in [0.1, 0.15) is 11.9 Å². The lowest BCUT2D eigenvalue weighted by atomic mass is 9.68. The Morgan fingerprint density at radius 3 is 2.88 bits per heavy atom. The molecule has 0 unspecified atom stereocenters. The van der Waals surface area contributed by atoms with Crippen LogP contribution in [-0.4, -0.2) is 32.9 Å². The Labute approximate surface area is 203 Å². The minimum Gasteiger partial charge on any atom is -0.490 e. The molecule has 0 aromatic heterocycles. The third-order valence-corrected chi connectivity index (χ3v) is 8.29. The Morgan fingerprint density at radius 2 is 2.12 bits per heavy atom. The zero-order valence-electron chi connectivity index (χ0n) is 20.0. The number of halogens is 1. The van der Waals surface area contributed by atoms with Crippen molar-refractivity contribution < 1.29 is 9.47 Å². The van der Waals surface area contributed by atoms with Crippen LogP contribution in [0.5, 0.6) is 5.75 Å². The van der Waals surface area contributed by atoms with Crippen LogP contribution in [0.25, 0.3) is 0 Å². The van der Waals surface area contributed by atoms with Gasteiger partial charge in [0, 0.05) is 36.6 Å². The monoisotopic (exact) mass is 463 g/mol. The summed E-state index contributed by atoms with van der Waals surface area (Å²) in [6.45, 7) is 6.77. The van der Waals surface area contributed by atoms with Crippen LogP contribution < -0.4 is 9.64 Å². The molecule has 33 heavy (non-hydrogen) atoms. The van der Waals surface area contributed by atoms with Crippen molar-refractivity contribution in [2.45, 2.75) is 57.5 Å². The van der Waals surface area contributed by atoms with E-state index in [-0.39, 0.29) is 11.5 Å². The second-order valence-corrected chi connectivity index (χ2v) is 10.6. The molecule has 1 aliphatic heterocycles. The number of methoxy groups -OCH3 is 1. The maximum Gasteiger partial charge on any atom is 0.142 e. The molecule has 1 saturated carbocycles. The largest absolute Gasteiger partial charge is 0.490 e. The first-order valence-corrected chi connectivity index (χ1v) is 12.6. The van der Waals surface area contributed by atoms with Crippen LogP contribution in [0.3, 0.4) is 0 Å². The zero-order valence-corrected chi connectivity index (χ0v) is 20.8. The van der Waals surface area contributed by atoms with Crippen LogP contribution in [0.4, 0.5) is 5.69 Å². The van der Waals surface area contributed by atoms with Crippen molar-refractivity contribution in [3.05, 3.63) is 58.1 Å². The van der Waals surface area contributed by atoms with Gasteiger partial charge in [-0.15, -0.1) is 5.92 Å². The molecule has 4 heteroatoms. The highest BCUT2D eigenvalue weighted by Crippen LogP contribution is 2.46. The molecule has 1 spiro atoms. The normalized spacial score (nSPS) is 26.7. The first kappa shape index (κ1) is 22.6. The molecule has 174 valence electrons. The molecule has 2 aromatic carbocycles. The molecule has 2 aromatic rings. The van der Waals surface area contributed by atoms with Crippen molar-refractivity contribution in [2.24, 2.45) is 11.8 Å². The minimum absolute atomic E-state index is 0.0196. The second kappa shape index (κ2) is 9.24. The van der Waals surface area contributed by atoms with E-state index in [1.807, 2.05) is 6.92 Å². The highest BCUT2D eigenvalue weighted by Gasteiger charge is 2.44. The van der Waals surface area contributed by atoms with E-state index in [9.17, 15) is 0 Å². The zero-order chi connectivity index (χ0) is 23.0. The molecule has 3 aliphatic rings. The molecule has 0 N–H and O–H groups in total. The van der Waals surface area contributed by atoms with E-state index in [1.165, 1.54) is 41.6 Å². The summed E-state index contributed by atoms with van der Waals surface area (Å²) in [6.07, 6.45) is 5.86. The van der Waals surface area contributed by atoms with Gasteiger partial charge in [0.2, 0.25) is 0 Å². The summed E-state index contributed by atoms with van der Waals surface area (Å²) in [5.41, 5.74) is 5.29. The summed E-state index contributed by atoms with van der Waals surface area (Å²) in [4.78, 5) is 2.61. The highest BCUT2D eigenvalue weighted by molar-refractivity contribution is 6.30. The van der Waals surface area contributed by atoms with Crippen LogP contribution in [0.15, 0.2) is 36.4 Å². The van der Waals surface area contributed by atoms with E-state index in [0.717, 1.165) is 36.7 Å². The van der Waals surface area contributed by atoms with E-state index in [1.54, 1.807) is 7.11 Å². The Bertz CT molecular complexity index is 1090. The maximum absolute atomic E-state index is 6.56. The van der Waals surface area contributed by atoms with Crippen molar-refractivity contribution in [2.75, 3.05) is 31.7 Å². The number of rotatable bonds is 4. The maximum atomic E-state index is 6.56. The predicted molar refractivity (Wildman–Crippen MR) is 135 cm³/mol. The summed E-state index contributed by atoms with van der Waals surface area (Å²) >= 11 is 6.37. The Morgan fingerprint density at radius 1 is 1.24 bits per heavy atom. The number of aryl methyl sites for hydroxylation is 2. The van der Waals surface area contributed by atoms with Gasteiger partial charge in [0.25, 0.3) is 0 Å². The van der Waals surface area contributed by atoms with Crippen LogP contribution in [0.1, 0.15) is 49.3 Å². The van der Waals surface area contributed by atoms with Crippen molar-refractivity contribution in [1.29, 1.82) is 0 Å². The lowest BCUT2D eigenvalue weighted by Gasteiger charge is -2.45. The number of benzene rings is 2. The van der Waals surface area contributed by atoms with Gasteiger partial charge in [0.05, 0.1) is 12.3 Å². The molecular weight excluding hydrogens is 430 g/mol. The van der Waals surface area contributed by atoms with Crippen LogP contribution in [0, 0.1) is 30.6 Å². The lowest BCUT2D eigenvalue weighted by molar-refractivity contribution is 0.0191. The van der Waals surface area contributed by atoms with Gasteiger partial charge >= 0.3 is 0 Å². The summed E-state index contributed by atoms with van der Waals surface area (Å²) in [5.74, 6) is 8.43. The molecule has 1 fully saturated rings. The van der Waals surface area contributed by atoms with E-state index in [4.69, 9.17) is 21.1 Å². The molecule has 2 aliphatic carbocycles. The molecule has 0 saturated heterocycles. The number of anilines is 1. The number of nitrogens with zero attached hydrogens (tertiary/aromatic N) is 1. The topological polar surface area (TPSA) is 21.7 Å². The first-order valence-electron chi connectivity index (χ1n) is 12.3. The Hall–Kier alpha value is -2.15. The fourth-order valence-corrected chi connectivity index (χ4v) is 6.40. The molecule has 0 radical (unpaired) electrons. The fourth-order valence-electron chi connectivity index (χ4n) is 6.21. The average molecular weight is 464 g/mol. The molecule has 4 atom stereocenters. The molecular formula is C29H34ClNO2. The van der Waals surface area contributed by atoms with Gasteiger partial charge in [-0.3, -0.25) is 0 Å². The third kappa shape index (κ3) is 4.25. The number of hydrogen-bond acceptors (Lipinski definition) is 3. The molecule has 5 rings (SSSR count). The summed E-state index contributed by atoms with van der Waals surface area (Å²) in [7, 11) is 1.79. The van der Waals surface area contributed by atoms with E-state index in [0.29, 0.717) is 18.4 Å². The van der Waals surface area contributed by atoms with Gasteiger partial charge in [-0.25, -0.2) is 0 Å². The summed E-state index contributed by atoms with van der Waals surface area (Å²) < 4.78 is 12.3. The van der Waals surface area contributed by atoms with Crippen LogP contribution >= 0.6 is 11.6 Å². The molecule has 0 bridgehead atoms.